The maximum atomic E-state index is 12.2. The number of H-pyrrole nitrogens is 2. The van der Waals surface area contributed by atoms with Gasteiger partial charge in [0.15, 0.2) is 0 Å². The summed E-state index contributed by atoms with van der Waals surface area (Å²) < 4.78 is 0. The average Bonchev–Trinajstić information content (AvgIpc) is 2.79. The molecule has 0 aromatic carbocycles. The molecule has 2 aromatic rings. The molecule has 0 saturated heterocycles. The van der Waals surface area contributed by atoms with Gasteiger partial charge in [-0.3, -0.25) is 15.2 Å². The fourth-order valence-corrected chi connectivity index (χ4v) is 1.69. The van der Waals surface area contributed by atoms with Gasteiger partial charge < -0.3 is 15.7 Å². The summed E-state index contributed by atoms with van der Waals surface area (Å²) in [7, 11) is 0. The van der Waals surface area contributed by atoms with Crippen molar-refractivity contribution in [3.05, 3.63) is 51.5 Å². The molecule has 0 radical (unpaired) electrons. The number of carbonyl (C=O) groups excluding carboxylic acids is 1. The van der Waals surface area contributed by atoms with Crippen molar-refractivity contribution >= 4 is 11.6 Å². The van der Waals surface area contributed by atoms with E-state index < -0.39 is 5.69 Å². The van der Waals surface area contributed by atoms with Gasteiger partial charge in [-0.25, -0.2) is 4.79 Å². The van der Waals surface area contributed by atoms with Crippen LogP contribution in [0.25, 0.3) is 0 Å². The molecular weight excluding hydrogens is 246 g/mol. The Balaban J connectivity index is 2.38. The lowest BCUT2D eigenvalue weighted by atomic mass is 10.1. The number of amidine groups is 1. The van der Waals surface area contributed by atoms with Crippen LogP contribution in [0, 0.1) is 5.41 Å². The van der Waals surface area contributed by atoms with Gasteiger partial charge in [0.2, 0.25) is 5.78 Å². The predicted molar refractivity (Wildman–Crippen MR) is 69.5 cm³/mol. The molecule has 0 amide bonds. The maximum Gasteiger partial charge on any atom is 0.323 e. The minimum absolute atomic E-state index is 0.115. The second-order valence-electron chi connectivity index (χ2n) is 3.96. The first-order valence-electron chi connectivity index (χ1n) is 5.69. The van der Waals surface area contributed by atoms with Crippen molar-refractivity contribution in [3.8, 4) is 0 Å². The zero-order valence-corrected chi connectivity index (χ0v) is 10.3. The molecule has 0 spiro atoms. The summed E-state index contributed by atoms with van der Waals surface area (Å²) in [4.78, 5) is 32.4. The zero-order valence-electron chi connectivity index (χ0n) is 10.3. The van der Waals surface area contributed by atoms with E-state index in [1.54, 1.807) is 6.07 Å². The lowest BCUT2D eigenvalue weighted by molar-refractivity contribution is 0.102. The lowest BCUT2D eigenvalue weighted by Gasteiger charge is -2.02. The maximum absolute atomic E-state index is 12.2. The van der Waals surface area contributed by atoms with E-state index in [1.807, 2.05) is 6.92 Å². The SMILES string of the molecule is CCc1[nH]c(=O)[nH]c1C(=O)c1ccc(C(=N)N)cn1. The second kappa shape index (κ2) is 4.89. The standard InChI is InChI=1S/C12H13N5O2/c1-2-7-9(17-12(19)16-7)10(18)8-4-3-6(5-15-8)11(13)14/h3-5H,2H2,1H3,(H3,13,14)(H2,16,17,19). The number of nitrogens with two attached hydrogens (primary N) is 1. The van der Waals surface area contributed by atoms with Crippen molar-refractivity contribution < 1.29 is 4.79 Å². The van der Waals surface area contributed by atoms with E-state index in [2.05, 4.69) is 15.0 Å². The molecule has 0 saturated carbocycles. The summed E-state index contributed by atoms with van der Waals surface area (Å²) in [6, 6.07) is 3.02. The van der Waals surface area contributed by atoms with Crippen molar-refractivity contribution in [2.24, 2.45) is 5.73 Å². The van der Waals surface area contributed by atoms with Crippen molar-refractivity contribution in [3.63, 3.8) is 0 Å². The third-order valence-corrected chi connectivity index (χ3v) is 2.69. The van der Waals surface area contributed by atoms with Crippen LogP contribution in [0.1, 0.15) is 34.4 Å². The molecule has 0 aliphatic carbocycles. The smallest absolute Gasteiger partial charge is 0.323 e. The van der Waals surface area contributed by atoms with E-state index in [1.165, 1.54) is 12.3 Å². The van der Waals surface area contributed by atoms with Crippen LogP contribution >= 0.6 is 0 Å². The molecule has 19 heavy (non-hydrogen) atoms. The lowest BCUT2D eigenvalue weighted by Crippen LogP contribution is -2.13. The molecule has 0 aliphatic rings. The van der Waals surface area contributed by atoms with Crippen LogP contribution in [0.3, 0.4) is 0 Å². The number of nitrogen functional groups attached to an aromatic ring is 1. The largest absolute Gasteiger partial charge is 0.384 e. The highest BCUT2D eigenvalue weighted by atomic mass is 16.1. The molecule has 2 aromatic heterocycles. The number of carbonyl (C=O) groups is 1. The number of aromatic amines is 2. The van der Waals surface area contributed by atoms with Gasteiger partial charge in [-0.15, -0.1) is 0 Å². The summed E-state index contributed by atoms with van der Waals surface area (Å²) in [6.45, 7) is 1.84. The van der Waals surface area contributed by atoms with Crippen molar-refractivity contribution in [1.29, 1.82) is 5.41 Å². The number of hydrogen-bond acceptors (Lipinski definition) is 4. The molecule has 0 bridgehead atoms. The molecule has 2 heterocycles. The number of rotatable bonds is 4. The third-order valence-electron chi connectivity index (χ3n) is 2.69. The summed E-state index contributed by atoms with van der Waals surface area (Å²) in [5.41, 5.74) is 6.29. The van der Waals surface area contributed by atoms with Crippen molar-refractivity contribution in [2.45, 2.75) is 13.3 Å². The van der Waals surface area contributed by atoms with Gasteiger partial charge in [0.05, 0.1) is 0 Å². The van der Waals surface area contributed by atoms with Crippen LogP contribution in [-0.4, -0.2) is 26.6 Å². The summed E-state index contributed by atoms with van der Waals surface area (Å²) in [6.07, 6.45) is 1.89. The molecule has 98 valence electrons. The predicted octanol–water partition coefficient (Wildman–Crippen LogP) is 0.175. The number of aryl methyl sites for hydroxylation is 1. The Labute approximate surface area is 108 Å². The Hall–Kier alpha value is -2.70. The normalized spacial score (nSPS) is 10.4. The number of aromatic nitrogens is 3. The zero-order chi connectivity index (χ0) is 14.0. The van der Waals surface area contributed by atoms with E-state index in [0.717, 1.165) is 0 Å². The number of imidazole rings is 1. The van der Waals surface area contributed by atoms with E-state index in [-0.39, 0.29) is 23.0 Å². The molecule has 7 heteroatoms. The fourth-order valence-electron chi connectivity index (χ4n) is 1.69. The average molecular weight is 259 g/mol. The van der Waals surface area contributed by atoms with Gasteiger partial charge in [-0.2, -0.15) is 0 Å². The summed E-state index contributed by atoms with van der Waals surface area (Å²) >= 11 is 0. The highest BCUT2D eigenvalue weighted by Gasteiger charge is 2.17. The monoisotopic (exact) mass is 259 g/mol. The summed E-state index contributed by atoms with van der Waals surface area (Å²) in [5.74, 6) is -0.485. The molecule has 2 rings (SSSR count). The van der Waals surface area contributed by atoms with Crippen LogP contribution < -0.4 is 11.4 Å². The first-order valence-corrected chi connectivity index (χ1v) is 5.69. The Bertz CT molecular complexity index is 681. The molecule has 0 atom stereocenters. The minimum atomic E-state index is -0.416. The number of nitrogens with zero attached hydrogens (tertiary/aromatic N) is 1. The van der Waals surface area contributed by atoms with E-state index in [4.69, 9.17) is 11.1 Å². The van der Waals surface area contributed by atoms with Gasteiger partial charge in [0.25, 0.3) is 0 Å². The van der Waals surface area contributed by atoms with Crippen LogP contribution in [-0.2, 0) is 6.42 Å². The van der Waals surface area contributed by atoms with Crippen LogP contribution in [0.2, 0.25) is 0 Å². The van der Waals surface area contributed by atoms with Crippen molar-refractivity contribution in [1.82, 2.24) is 15.0 Å². The van der Waals surface area contributed by atoms with Gasteiger partial charge in [-0.1, -0.05) is 6.92 Å². The molecule has 5 N–H and O–H groups in total. The fraction of sp³-hybridized carbons (Fsp3) is 0.167. The second-order valence-corrected chi connectivity index (χ2v) is 3.96. The molecular formula is C12H13N5O2. The van der Waals surface area contributed by atoms with E-state index in [0.29, 0.717) is 17.7 Å². The van der Waals surface area contributed by atoms with Gasteiger partial charge in [0, 0.05) is 17.5 Å². The topological polar surface area (TPSA) is 128 Å². The minimum Gasteiger partial charge on any atom is -0.384 e. The van der Waals surface area contributed by atoms with E-state index in [9.17, 15) is 9.59 Å². The molecule has 0 unspecified atom stereocenters. The first-order chi connectivity index (χ1) is 9.02. The number of ketones is 1. The highest BCUT2D eigenvalue weighted by Crippen LogP contribution is 2.09. The number of nitrogens with one attached hydrogen (secondary N) is 3. The third kappa shape index (κ3) is 2.44. The first kappa shape index (κ1) is 12.7. The van der Waals surface area contributed by atoms with Gasteiger partial charge in [0.1, 0.15) is 17.2 Å². The van der Waals surface area contributed by atoms with Gasteiger partial charge in [-0.05, 0) is 18.6 Å². The molecule has 7 nitrogen and oxygen atoms in total. The molecule has 0 aliphatic heterocycles. The van der Waals surface area contributed by atoms with Crippen LogP contribution in [0.4, 0.5) is 0 Å². The van der Waals surface area contributed by atoms with Crippen LogP contribution in [0.15, 0.2) is 23.1 Å². The highest BCUT2D eigenvalue weighted by molar-refractivity contribution is 6.07. The van der Waals surface area contributed by atoms with Crippen LogP contribution in [0.5, 0.6) is 0 Å². The Morgan fingerprint density at radius 3 is 2.68 bits per heavy atom. The van der Waals surface area contributed by atoms with Crippen molar-refractivity contribution in [2.75, 3.05) is 0 Å². The number of pyridine rings is 1. The van der Waals surface area contributed by atoms with Gasteiger partial charge >= 0.3 is 5.69 Å². The Morgan fingerprint density at radius 2 is 2.16 bits per heavy atom. The Kier molecular flexibility index (Phi) is 3.28. The number of hydrogen-bond donors (Lipinski definition) is 4. The molecule has 0 fully saturated rings. The quantitative estimate of drug-likeness (QED) is 0.354. The Morgan fingerprint density at radius 1 is 1.42 bits per heavy atom. The summed E-state index contributed by atoms with van der Waals surface area (Å²) in [5, 5.41) is 7.24. The van der Waals surface area contributed by atoms with E-state index >= 15 is 0 Å².